The van der Waals surface area contributed by atoms with E-state index in [2.05, 4.69) is 0 Å². The lowest BCUT2D eigenvalue weighted by molar-refractivity contribution is -0.384. The number of hydrogen-bond donors (Lipinski definition) is 0. The van der Waals surface area contributed by atoms with Crippen molar-refractivity contribution < 1.29 is 24.0 Å². The van der Waals surface area contributed by atoms with E-state index in [1.165, 1.54) is 30.3 Å². The van der Waals surface area contributed by atoms with Crippen LogP contribution >= 0.6 is 11.6 Å². The van der Waals surface area contributed by atoms with Crippen LogP contribution in [0.1, 0.15) is 50.6 Å². The minimum absolute atomic E-state index is 0.0999. The molecule has 0 fully saturated rings. The Morgan fingerprint density at radius 1 is 0.972 bits per heavy atom. The van der Waals surface area contributed by atoms with E-state index in [-0.39, 0.29) is 29.0 Å². The number of fused-ring (bicyclic) bond motifs is 1. The van der Waals surface area contributed by atoms with Crippen LogP contribution in [0.4, 0.5) is 5.69 Å². The molecule has 1 spiro atoms. The summed E-state index contributed by atoms with van der Waals surface area (Å²) >= 11 is 6.59. The lowest BCUT2D eigenvalue weighted by Crippen LogP contribution is -2.37. The van der Waals surface area contributed by atoms with Crippen molar-refractivity contribution >= 4 is 34.8 Å². The third-order valence-corrected chi connectivity index (χ3v) is 7.27. The highest BCUT2D eigenvalue weighted by molar-refractivity contribution is 6.33. The molecule has 2 aliphatic carbocycles. The van der Waals surface area contributed by atoms with Gasteiger partial charge in [0, 0.05) is 45.7 Å². The number of Topliss-reactive ketones (excluding diaryl/α,β-unsaturated/α-hetero) is 2. The number of nitro benzene ring substituents is 1. The highest BCUT2D eigenvalue weighted by Crippen LogP contribution is 2.61. The number of nitrogens with zero attached hydrogens (tertiary/aromatic N) is 1. The van der Waals surface area contributed by atoms with Gasteiger partial charge < -0.3 is 4.74 Å². The lowest BCUT2D eigenvalue weighted by Gasteiger charge is -2.33. The Kier molecular flexibility index (Phi) is 5.80. The molecule has 0 N–H and O–H groups in total. The van der Waals surface area contributed by atoms with Crippen molar-refractivity contribution in [2.75, 3.05) is 6.61 Å². The van der Waals surface area contributed by atoms with Crippen LogP contribution in [-0.2, 0) is 9.53 Å². The fraction of sp³-hybridized carbons (Fsp3) is 0.179. The first-order chi connectivity index (χ1) is 17.3. The van der Waals surface area contributed by atoms with E-state index in [9.17, 15) is 24.5 Å². The van der Waals surface area contributed by atoms with Gasteiger partial charge in [0.1, 0.15) is 5.41 Å². The Hall–Kier alpha value is -4.10. The molecule has 0 amide bonds. The monoisotopic (exact) mass is 501 g/mol. The van der Waals surface area contributed by atoms with Crippen LogP contribution in [0.15, 0.2) is 84.4 Å². The SMILES string of the molecule is CCOC(=O)C1=CC2(C(=O)c3ccccc3C2=O)[C@H](c2ccc([N+](=O)[O-])cc2)[C@H]1c1ccccc1Cl. The molecule has 0 saturated carbocycles. The van der Waals surface area contributed by atoms with Crippen LogP contribution in [0.3, 0.4) is 0 Å². The predicted molar refractivity (Wildman–Crippen MR) is 132 cm³/mol. The van der Waals surface area contributed by atoms with Gasteiger partial charge in [0.2, 0.25) is 0 Å². The zero-order chi connectivity index (χ0) is 25.6. The molecule has 2 aliphatic rings. The third kappa shape index (κ3) is 3.38. The molecule has 2 atom stereocenters. The lowest BCUT2D eigenvalue weighted by atomic mass is 9.66. The first kappa shape index (κ1) is 23.6. The topological polar surface area (TPSA) is 104 Å². The molecule has 3 aromatic carbocycles. The molecular weight excluding hydrogens is 482 g/mol. The maximum Gasteiger partial charge on any atom is 0.334 e. The Bertz CT molecular complexity index is 1420. The van der Waals surface area contributed by atoms with Gasteiger partial charge in [-0.15, -0.1) is 0 Å². The van der Waals surface area contributed by atoms with Crippen LogP contribution in [0.2, 0.25) is 5.02 Å². The van der Waals surface area contributed by atoms with E-state index in [1.54, 1.807) is 55.5 Å². The number of carbonyl (C=O) groups excluding carboxylic acids is 3. The molecule has 0 radical (unpaired) electrons. The number of halogens is 1. The molecule has 180 valence electrons. The van der Waals surface area contributed by atoms with Gasteiger partial charge in [-0.05, 0) is 24.1 Å². The second kappa shape index (κ2) is 8.84. The zero-order valence-electron chi connectivity index (χ0n) is 19.1. The van der Waals surface area contributed by atoms with Crippen molar-refractivity contribution in [1.82, 2.24) is 0 Å². The van der Waals surface area contributed by atoms with Gasteiger partial charge in [-0.1, -0.05) is 72.3 Å². The van der Waals surface area contributed by atoms with Crippen LogP contribution < -0.4 is 0 Å². The zero-order valence-corrected chi connectivity index (χ0v) is 19.9. The fourth-order valence-electron chi connectivity index (χ4n) is 5.44. The van der Waals surface area contributed by atoms with Crippen molar-refractivity contribution in [3.05, 3.63) is 122 Å². The van der Waals surface area contributed by atoms with Crippen molar-refractivity contribution in [3.8, 4) is 0 Å². The highest BCUT2D eigenvalue weighted by Gasteiger charge is 2.63. The van der Waals surface area contributed by atoms with E-state index in [1.807, 2.05) is 0 Å². The Morgan fingerprint density at radius 3 is 2.11 bits per heavy atom. The number of allylic oxidation sites excluding steroid dienone is 1. The number of non-ortho nitro benzene ring substituents is 1. The Labute approximate surface area is 211 Å². The van der Waals surface area contributed by atoms with Gasteiger partial charge in [0.25, 0.3) is 5.69 Å². The quantitative estimate of drug-likeness (QED) is 0.193. The number of hydrogen-bond acceptors (Lipinski definition) is 6. The molecule has 7 nitrogen and oxygen atoms in total. The summed E-state index contributed by atoms with van der Waals surface area (Å²) in [5, 5.41) is 11.6. The van der Waals surface area contributed by atoms with Crippen molar-refractivity contribution in [1.29, 1.82) is 0 Å². The molecule has 0 heterocycles. The Balaban J connectivity index is 1.81. The number of carbonyl (C=O) groups is 3. The molecule has 0 bridgehead atoms. The first-order valence-electron chi connectivity index (χ1n) is 11.4. The van der Waals surface area contributed by atoms with Crippen molar-refractivity contribution in [3.63, 3.8) is 0 Å². The molecule has 0 unspecified atom stereocenters. The van der Waals surface area contributed by atoms with Crippen LogP contribution in [0.25, 0.3) is 0 Å². The average molecular weight is 502 g/mol. The minimum atomic E-state index is -1.73. The van der Waals surface area contributed by atoms with E-state index in [4.69, 9.17) is 16.3 Å². The summed E-state index contributed by atoms with van der Waals surface area (Å²) in [6, 6.07) is 19.2. The maximum atomic E-state index is 14.0. The summed E-state index contributed by atoms with van der Waals surface area (Å²) < 4.78 is 5.34. The van der Waals surface area contributed by atoms with Gasteiger partial charge in [0.05, 0.1) is 11.5 Å². The molecule has 0 aromatic heterocycles. The molecule has 0 saturated heterocycles. The van der Waals surface area contributed by atoms with Crippen LogP contribution in [0.5, 0.6) is 0 Å². The minimum Gasteiger partial charge on any atom is -0.463 e. The summed E-state index contributed by atoms with van der Waals surface area (Å²) in [4.78, 5) is 52.0. The first-order valence-corrected chi connectivity index (χ1v) is 11.8. The van der Waals surface area contributed by atoms with Gasteiger partial charge in [-0.2, -0.15) is 0 Å². The van der Waals surface area contributed by atoms with Crippen LogP contribution in [0, 0.1) is 15.5 Å². The largest absolute Gasteiger partial charge is 0.463 e. The summed E-state index contributed by atoms with van der Waals surface area (Å²) in [6.45, 7) is 1.77. The maximum absolute atomic E-state index is 14.0. The molecule has 0 aliphatic heterocycles. The third-order valence-electron chi connectivity index (χ3n) is 6.92. The summed E-state index contributed by atoms with van der Waals surface area (Å²) in [5.41, 5.74) is -0.117. The predicted octanol–water partition coefficient (Wildman–Crippen LogP) is 5.68. The van der Waals surface area contributed by atoms with Crippen molar-refractivity contribution in [2.45, 2.75) is 18.8 Å². The molecule has 8 heteroatoms. The van der Waals surface area contributed by atoms with E-state index >= 15 is 0 Å². The highest BCUT2D eigenvalue weighted by atomic mass is 35.5. The normalized spacial score (nSPS) is 19.8. The van der Waals surface area contributed by atoms with Crippen molar-refractivity contribution in [2.24, 2.45) is 5.41 Å². The number of rotatable bonds is 5. The second-order valence-corrected chi connectivity index (χ2v) is 9.13. The second-order valence-electron chi connectivity index (χ2n) is 8.72. The molecular formula is C28H20ClNO6. The van der Waals surface area contributed by atoms with Crippen LogP contribution in [-0.4, -0.2) is 29.1 Å². The number of benzene rings is 3. The average Bonchev–Trinajstić information content (AvgIpc) is 3.34. The standard InChI is InChI=1S/C28H20ClNO6/c1-2-36-27(33)21-15-28(25(31)18-7-3-4-8-19(18)26(28)32)24(16-11-13-17(14-12-16)30(34)35)23(21)20-9-5-6-10-22(20)29/h3-15,23-24H,2H2,1H3/t23-,24+/m0/s1. The molecule has 3 aromatic rings. The van der Waals surface area contributed by atoms with Gasteiger partial charge in [0.15, 0.2) is 11.6 Å². The number of nitro groups is 1. The molecule has 5 rings (SSSR count). The summed E-state index contributed by atoms with van der Waals surface area (Å²) in [7, 11) is 0. The number of esters is 1. The van der Waals surface area contributed by atoms with Gasteiger partial charge >= 0.3 is 5.97 Å². The Morgan fingerprint density at radius 2 is 1.56 bits per heavy atom. The van der Waals surface area contributed by atoms with E-state index in [0.29, 0.717) is 16.1 Å². The van der Waals surface area contributed by atoms with Gasteiger partial charge in [-0.25, -0.2) is 4.79 Å². The summed E-state index contributed by atoms with van der Waals surface area (Å²) in [6.07, 6.45) is 1.44. The summed E-state index contributed by atoms with van der Waals surface area (Å²) in [5.74, 6) is -3.19. The van der Waals surface area contributed by atoms with E-state index in [0.717, 1.165) is 0 Å². The van der Waals surface area contributed by atoms with E-state index < -0.39 is 39.7 Å². The number of ketones is 2. The fourth-order valence-corrected chi connectivity index (χ4v) is 5.70. The van der Waals surface area contributed by atoms with Gasteiger partial charge in [-0.3, -0.25) is 19.7 Å². The number of ether oxygens (including phenoxy) is 1. The smallest absolute Gasteiger partial charge is 0.334 e. The molecule has 36 heavy (non-hydrogen) atoms.